The average molecular weight is 169 g/mol. The second-order valence-electron chi connectivity index (χ2n) is 1.81. The molecule has 2 heterocycles. The van der Waals surface area contributed by atoms with E-state index in [1.807, 2.05) is 6.20 Å². The number of hydrogen-bond donors (Lipinski definition) is 0. The van der Waals surface area contributed by atoms with Crippen molar-refractivity contribution >= 4 is 28.2 Å². The van der Waals surface area contributed by atoms with Crippen molar-refractivity contribution < 1.29 is 0 Å². The number of hydrogen-bond acceptors (Lipinski definition) is 4. The molecule has 0 saturated heterocycles. The fourth-order valence-corrected chi connectivity index (χ4v) is 2.05. The van der Waals surface area contributed by atoms with Gasteiger partial charge in [-0.3, -0.25) is 0 Å². The van der Waals surface area contributed by atoms with E-state index in [0.29, 0.717) is 0 Å². The molecule has 1 aromatic rings. The van der Waals surface area contributed by atoms with Gasteiger partial charge in [0.15, 0.2) is 5.13 Å². The Morgan fingerprint density at radius 2 is 2.70 bits per heavy atom. The molecule has 0 spiro atoms. The van der Waals surface area contributed by atoms with Crippen molar-refractivity contribution in [1.82, 2.24) is 4.98 Å². The normalized spacial score (nSPS) is 16.6. The van der Waals surface area contributed by atoms with E-state index < -0.39 is 0 Å². The molecule has 1 aromatic heterocycles. The van der Waals surface area contributed by atoms with Crippen LogP contribution in [0.2, 0.25) is 0 Å². The first-order valence-electron chi connectivity index (χ1n) is 2.83. The molecule has 0 aromatic carbocycles. The Morgan fingerprint density at radius 3 is 3.30 bits per heavy atom. The Hall–Kier alpha value is -0.480. The second kappa shape index (κ2) is 2.64. The lowest BCUT2D eigenvalue weighted by molar-refractivity contribution is 1.15. The highest BCUT2D eigenvalue weighted by molar-refractivity contribution is 8.02. The molecule has 0 unspecified atom stereocenters. The molecule has 4 heteroatoms. The SMILES string of the molecule is [c]1cnc(N2C=CSC2)s1. The van der Waals surface area contributed by atoms with Crippen molar-refractivity contribution in [2.24, 2.45) is 0 Å². The first-order valence-corrected chi connectivity index (χ1v) is 4.70. The standard InChI is InChI=1S/C6H5N2S2/c1-3-10-6(7-1)8-2-4-9-5-8/h1-2,4H,5H2. The second-order valence-corrected chi connectivity index (χ2v) is 3.48. The fraction of sp³-hybridized carbons (Fsp3) is 0.167. The summed E-state index contributed by atoms with van der Waals surface area (Å²) in [4.78, 5) is 6.23. The third kappa shape index (κ3) is 1.04. The monoisotopic (exact) mass is 169 g/mol. The summed E-state index contributed by atoms with van der Waals surface area (Å²) in [5, 5.41) is 6.05. The smallest absolute Gasteiger partial charge is 0.190 e. The number of thioether (sulfide) groups is 1. The Bertz CT molecular complexity index is 230. The van der Waals surface area contributed by atoms with Gasteiger partial charge in [0, 0.05) is 12.4 Å². The molecular weight excluding hydrogens is 164 g/mol. The van der Waals surface area contributed by atoms with Crippen molar-refractivity contribution in [2.45, 2.75) is 0 Å². The van der Waals surface area contributed by atoms with Crippen LogP contribution in [-0.2, 0) is 0 Å². The van der Waals surface area contributed by atoms with Crippen LogP contribution in [0.1, 0.15) is 0 Å². The van der Waals surface area contributed by atoms with E-state index >= 15 is 0 Å². The number of nitrogens with zero attached hydrogens (tertiary/aromatic N) is 2. The van der Waals surface area contributed by atoms with Gasteiger partial charge in [-0.15, -0.1) is 11.8 Å². The van der Waals surface area contributed by atoms with Crippen molar-refractivity contribution in [1.29, 1.82) is 0 Å². The van der Waals surface area contributed by atoms with Crippen LogP contribution >= 0.6 is 23.1 Å². The molecule has 1 aliphatic rings. The number of thiazole rings is 1. The molecule has 10 heavy (non-hydrogen) atoms. The van der Waals surface area contributed by atoms with Gasteiger partial charge in [-0.1, -0.05) is 11.3 Å². The zero-order chi connectivity index (χ0) is 6.81. The lowest BCUT2D eigenvalue weighted by atomic mass is 10.8. The van der Waals surface area contributed by atoms with Gasteiger partial charge in [0.1, 0.15) is 0 Å². The zero-order valence-electron chi connectivity index (χ0n) is 5.15. The molecule has 1 aliphatic heterocycles. The minimum atomic E-state index is 0.987. The van der Waals surface area contributed by atoms with E-state index in [2.05, 4.69) is 20.7 Å². The van der Waals surface area contributed by atoms with Crippen LogP contribution in [0.3, 0.4) is 0 Å². The van der Waals surface area contributed by atoms with E-state index in [1.165, 1.54) is 0 Å². The van der Waals surface area contributed by atoms with Crippen LogP contribution in [0.4, 0.5) is 5.13 Å². The Kier molecular flexibility index (Phi) is 1.65. The van der Waals surface area contributed by atoms with Gasteiger partial charge in [0.25, 0.3) is 0 Å². The van der Waals surface area contributed by atoms with E-state index in [0.717, 1.165) is 11.0 Å². The van der Waals surface area contributed by atoms with Gasteiger partial charge >= 0.3 is 0 Å². The summed E-state index contributed by atoms with van der Waals surface area (Å²) in [6.45, 7) is 0. The Labute approximate surface area is 67.6 Å². The minimum absolute atomic E-state index is 0.987. The molecule has 1 radical (unpaired) electrons. The van der Waals surface area contributed by atoms with Crippen molar-refractivity contribution in [3.05, 3.63) is 23.2 Å². The van der Waals surface area contributed by atoms with E-state index in [9.17, 15) is 0 Å². The first kappa shape index (κ1) is 6.24. The minimum Gasteiger partial charge on any atom is -0.314 e. The number of aromatic nitrogens is 1. The van der Waals surface area contributed by atoms with Gasteiger partial charge in [0.2, 0.25) is 0 Å². The quantitative estimate of drug-likeness (QED) is 0.639. The zero-order valence-corrected chi connectivity index (χ0v) is 6.78. The molecule has 0 bridgehead atoms. The van der Waals surface area contributed by atoms with Crippen LogP contribution in [0.15, 0.2) is 17.8 Å². The van der Waals surface area contributed by atoms with Crippen molar-refractivity contribution in [3.63, 3.8) is 0 Å². The van der Waals surface area contributed by atoms with Crippen LogP contribution in [0.5, 0.6) is 0 Å². The molecule has 51 valence electrons. The predicted octanol–water partition coefficient (Wildman–Crippen LogP) is 1.93. The third-order valence-electron chi connectivity index (χ3n) is 1.17. The fourth-order valence-electron chi connectivity index (χ4n) is 0.722. The molecule has 0 fully saturated rings. The van der Waals surface area contributed by atoms with E-state index in [4.69, 9.17) is 0 Å². The van der Waals surface area contributed by atoms with Crippen LogP contribution in [0.25, 0.3) is 0 Å². The molecule has 2 rings (SSSR count). The lowest BCUT2D eigenvalue weighted by Crippen LogP contribution is -2.09. The van der Waals surface area contributed by atoms with Crippen LogP contribution in [-0.4, -0.2) is 10.9 Å². The van der Waals surface area contributed by atoms with Gasteiger partial charge < -0.3 is 4.90 Å². The van der Waals surface area contributed by atoms with Gasteiger partial charge in [-0.2, -0.15) is 0 Å². The highest BCUT2D eigenvalue weighted by atomic mass is 32.2. The van der Waals surface area contributed by atoms with Gasteiger partial charge in [-0.05, 0) is 5.41 Å². The Morgan fingerprint density at radius 1 is 1.70 bits per heavy atom. The van der Waals surface area contributed by atoms with Gasteiger partial charge in [0.05, 0.1) is 11.3 Å². The van der Waals surface area contributed by atoms with E-state index in [-0.39, 0.29) is 0 Å². The summed E-state index contributed by atoms with van der Waals surface area (Å²) in [5.74, 6) is 0.987. The van der Waals surface area contributed by atoms with Crippen LogP contribution < -0.4 is 4.90 Å². The van der Waals surface area contributed by atoms with Crippen molar-refractivity contribution in [3.8, 4) is 0 Å². The molecule has 0 aliphatic carbocycles. The summed E-state index contributed by atoms with van der Waals surface area (Å²) in [7, 11) is 0. The highest BCUT2D eigenvalue weighted by Crippen LogP contribution is 2.24. The predicted molar refractivity (Wildman–Crippen MR) is 45.0 cm³/mol. The molecular formula is C6H5N2S2. The summed E-state index contributed by atoms with van der Waals surface area (Å²) in [6, 6.07) is 0. The third-order valence-corrected chi connectivity index (χ3v) is 2.66. The number of rotatable bonds is 1. The summed E-state index contributed by atoms with van der Waals surface area (Å²) in [6.07, 6.45) is 3.74. The summed E-state index contributed by atoms with van der Waals surface area (Å²) < 4.78 is 0. The molecule has 0 atom stereocenters. The van der Waals surface area contributed by atoms with Crippen molar-refractivity contribution in [2.75, 3.05) is 10.8 Å². The maximum absolute atomic E-state index is 4.12. The summed E-state index contributed by atoms with van der Waals surface area (Å²) in [5.41, 5.74) is 0. The molecule has 0 amide bonds. The molecule has 2 nitrogen and oxygen atoms in total. The topological polar surface area (TPSA) is 16.1 Å². The van der Waals surface area contributed by atoms with Gasteiger partial charge in [-0.25, -0.2) is 4.98 Å². The maximum Gasteiger partial charge on any atom is 0.190 e. The number of anilines is 1. The van der Waals surface area contributed by atoms with Crippen LogP contribution in [0, 0.1) is 5.38 Å². The molecule has 0 saturated carbocycles. The Balaban J connectivity index is 2.20. The first-order chi connectivity index (χ1) is 4.97. The summed E-state index contributed by atoms with van der Waals surface area (Å²) >= 11 is 3.32. The molecule has 0 N–H and O–H groups in total. The highest BCUT2D eigenvalue weighted by Gasteiger charge is 2.08. The largest absolute Gasteiger partial charge is 0.314 e. The van der Waals surface area contributed by atoms with E-state index in [1.54, 1.807) is 29.3 Å². The lowest BCUT2D eigenvalue weighted by Gasteiger charge is -2.08. The average Bonchev–Trinajstić information content (AvgIpc) is 2.59. The maximum atomic E-state index is 4.12.